The number of ether oxygens (including phenoxy) is 1. The first-order valence-corrected chi connectivity index (χ1v) is 6.28. The molecule has 0 aliphatic rings. The first kappa shape index (κ1) is 12.3. The van der Waals surface area contributed by atoms with Crippen molar-refractivity contribution >= 4 is 34.4 Å². The largest absolute Gasteiger partial charge is 0.481 e. The lowest BCUT2D eigenvalue weighted by molar-refractivity contribution is 0.399. The van der Waals surface area contributed by atoms with Crippen LogP contribution in [0.25, 0.3) is 22.6 Å². The quantitative estimate of drug-likeness (QED) is 0.778. The molecule has 3 rings (SSSR count). The van der Waals surface area contributed by atoms with Gasteiger partial charge in [0.1, 0.15) is 5.82 Å². The number of rotatable bonds is 2. The molecule has 0 spiro atoms. The number of methoxy groups -OCH3 is 1. The van der Waals surface area contributed by atoms with Crippen LogP contribution in [0.4, 0.5) is 0 Å². The zero-order valence-electron chi connectivity index (χ0n) is 9.95. The van der Waals surface area contributed by atoms with E-state index < -0.39 is 0 Å². The van der Waals surface area contributed by atoms with Gasteiger partial charge in [0.15, 0.2) is 5.65 Å². The SMILES string of the molecule is COc1ccc2[nH]c(-c3cc(Cl)cc(Cl)c3)nc2n1. The van der Waals surface area contributed by atoms with E-state index in [4.69, 9.17) is 27.9 Å². The van der Waals surface area contributed by atoms with Gasteiger partial charge in [0.2, 0.25) is 5.88 Å². The van der Waals surface area contributed by atoms with Gasteiger partial charge in [-0.3, -0.25) is 0 Å². The number of fused-ring (bicyclic) bond motifs is 1. The normalized spacial score (nSPS) is 10.9. The van der Waals surface area contributed by atoms with Crippen LogP contribution in [0.2, 0.25) is 10.0 Å². The van der Waals surface area contributed by atoms with E-state index in [9.17, 15) is 0 Å². The molecular weight excluding hydrogens is 285 g/mol. The van der Waals surface area contributed by atoms with Crippen LogP contribution in [-0.4, -0.2) is 22.1 Å². The Morgan fingerprint density at radius 3 is 2.47 bits per heavy atom. The molecule has 0 radical (unpaired) electrons. The third kappa shape index (κ3) is 2.37. The van der Waals surface area contributed by atoms with Crippen LogP contribution in [0.15, 0.2) is 30.3 Å². The fourth-order valence-electron chi connectivity index (χ4n) is 1.82. The standard InChI is InChI=1S/C13H9Cl2N3O/c1-19-11-3-2-10-13(17-11)18-12(16-10)7-4-8(14)6-9(15)5-7/h2-6H,1H3,(H,16,17,18). The van der Waals surface area contributed by atoms with Crippen LogP contribution < -0.4 is 4.74 Å². The summed E-state index contributed by atoms with van der Waals surface area (Å²) >= 11 is 12.0. The van der Waals surface area contributed by atoms with Crippen molar-refractivity contribution in [3.63, 3.8) is 0 Å². The van der Waals surface area contributed by atoms with Gasteiger partial charge in [-0.1, -0.05) is 23.2 Å². The zero-order chi connectivity index (χ0) is 13.4. The Balaban J connectivity index is 2.14. The van der Waals surface area contributed by atoms with Gasteiger partial charge >= 0.3 is 0 Å². The van der Waals surface area contributed by atoms with Crippen LogP contribution in [0.5, 0.6) is 5.88 Å². The molecule has 0 atom stereocenters. The Morgan fingerprint density at radius 2 is 1.79 bits per heavy atom. The topological polar surface area (TPSA) is 50.8 Å². The highest BCUT2D eigenvalue weighted by Gasteiger charge is 2.09. The lowest BCUT2D eigenvalue weighted by Crippen LogP contribution is -1.86. The van der Waals surface area contributed by atoms with Gasteiger partial charge < -0.3 is 9.72 Å². The maximum Gasteiger partial charge on any atom is 0.215 e. The Bertz CT molecular complexity index is 734. The van der Waals surface area contributed by atoms with E-state index in [-0.39, 0.29) is 0 Å². The molecule has 0 saturated heterocycles. The summed E-state index contributed by atoms with van der Waals surface area (Å²) in [4.78, 5) is 11.8. The molecule has 3 aromatic rings. The number of halogens is 2. The van der Waals surface area contributed by atoms with Gasteiger partial charge in [0.05, 0.1) is 12.6 Å². The summed E-state index contributed by atoms with van der Waals surface area (Å²) in [5.74, 6) is 1.19. The summed E-state index contributed by atoms with van der Waals surface area (Å²) < 4.78 is 5.07. The molecule has 0 saturated carbocycles. The van der Waals surface area contributed by atoms with E-state index in [0.717, 1.165) is 11.1 Å². The summed E-state index contributed by atoms with van der Waals surface area (Å²) in [6.07, 6.45) is 0. The third-order valence-electron chi connectivity index (χ3n) is 2.67. The monoisotopic (exact) mass is 293 g/mol. The molecule has 0 aliphatic heterocycles. The minimum atomic E-state index is 0.523. The van der Waals surface area contributed by atoms with Gasteiger partial charge in [-0.25, -0.2) is 4.98 Å². The second kappa shape index (κ2) is 4.72. The van der Waals surface area contributed by atoms with Crippen LogP contribution in [0, 0.1) is 0 Å². The predicted molar refractivity (Wildman–Crippen MR) is 75.9 cm³/mol. The first-order valence-electron chi connectivity index (χ1n) is 5.53. The summed E-state index contributed by atoms with van der Waals surface area (Å²) in [6.45, 7) is 0. The summed E-state index contributed by atoms with van der Waals surface area (Å²) in [7, 11) is 1.57. The van der Waals surface area contributed by atoms with Crippen molar-refractivity contribution in [3.05, 3.63) is 40.4 Å². The van der Waals surface area contributed by atoms with Crippen LogP contribution in [0.3, 0.4) is 0 Å². The van der Waals surface area contributed by atoms with Crippen molar-refractivity contribution in [2.24, 2.45) is 0 Å². The van der Waals surface area contributed by atoms with Gasteiger partial charge in [-0.15, -0.1) is 0 Å². The lowest BCUT2D eigenvalue weighted by atomic mass is 10.2. The van der Waals surface area contributed by atoms with Crippen LogP contribution in [-0.2, 0) is 0 Å². The molecule has 0 amide bonds. The lowest BCUT2D eigenvalue weighted by Gasteiger charge is -1.98. The second-order valence-electron chi connectivity index (χ2n) is 3.97. The van der Waals surface area contributed by atoms with E-state index in [2.05, 4.69) is 15.0 Å². The molecule has 96 valence electrons. The Morgan fingerprint density at radius 1 is 1.05 bits per heavy atom. The average molecular weight is 294 g/mol. The van der Waals surface area contributed by atoms with Crippen molar-refractivity contribution < 1.29 is 4.74 Å². The molecule has 1 N–H and O–H groups in total. The maximum absolute atomic E-state index is 5.98. The molecule has 1 aromatic carbocycles. The second-order valence-corrected chi connectivity index (χ2v) is 4.84. The van der Waals surface area contributed by atoms with E-state index >= 15 is 0 Å². The molecule has 0 fully saturated rings. The molecule has 0 bridgehead atoms. The molecule has 6 heteroatoms. The first-order chi connectivity index (χ1) is 9.15. The Labute approximate surface area is 119 Å². The van der Waals surface area contributed by atoms with E-state index in [0.29, 0.717) is 27.4 Å². The zero-order valence-corrected chi connectivity index (χ0v) is 11.5. The molecule has 2 heterocycles. The summed E-state index contributed by atoms with van der Waals surface area (Å²) in [5.41, 5.74) is 2.23. The highest BCUT2D eigenvalue weighted by Crippen LogP contribution is 2.27. The molecule has 4 nitrogen and oxygen atoms in total. The Hall–Kier alpha value is -1.78. The number of aromatic nitrogens is 3. The van der Waals surface area contributed by atoms with E-state index in [1.54, 1.807) is 31.4 Å². The number of benzene rings is 1. The minimum Gasteiger partial charge on any atom is -0.481 e. The number of nitrogens with zero attached hydrogens (tertiary/aromatic N) is 2. The molecular formula is C13H9Cl2N3O. The molecule has 2 aromatic heterocycles. The van der Waals surface area contributed by atoms with Crippen molar-refractivity contribution in [2.45, 2.75) is 0 Å². The molecule has 0 aliphatic carbocycles. The molecule has 19 heavy (non-hydrogen) atoms. The van der Waals surface area contributed by atoms with E-state index in [1.165, 1.54) is 0 Å². The van der Waals surface area contributed by atoms with Gasteiger partial charge in [0, 0.05) is 21.7 Å². The van der Waals surface area contributed by atoms with Crippen molar-refractivity contribution in [3.8, 4) is 17.3 Å². The number of H-pyrrole nitrogens is 1. The number of aromatic amines is 1. The van der Waals surface area contributed by atoms with E-state index in [1.807, 2.05) is 6.07 Å². The van der Waals surface area contributed by atoms with Crippen LogP contribution >= 0.6 is 23.2 Å². The number of nitrogens with one attached hydrogen (secondary N) is 1. The van der Waals surface area contributed by atoms with Gasteiger partial charge in [0.25, 0.3) is 0 Å². The van der Waals surface area contributed by atoms with Crippen molar-refractivity contribution in [2.75, 3.05) is 7.11 Å². The minimum absolute atomic E-state index is 0.523. The maximum atomic E-state index is 5.98. The average Bonchev–Trinajstić information content (AvgIpc) is 2.80. The third-order valence-corrected chi connectivity index (χ3v) is 3.10. The highest BCUT2D eigenvalue weighted by atomic mass is 35.5. The van der Waals surface area contributed by atoms with Gasteiger partial charge in [-0.05, 0) is 24.3 Å². The predicted octanol–water partition coefficient (Wildman–Crippen LogP) is 3.94. The fourth-order valence-corrected chi connectivity index (χ4v) is 2.34. The number of imidazole rings is 1. The van der Waals surface area contributed by atoms with Crippen molar-refractivity contribution in [1.29, 1.82) is 0 Å². The number of hydrogen-bond donors (Lipinski definition) is 1. The number of hydrogen-bond acceptors (Lipinski definition) is 3. The fraction of sp³-hybridized carbons (Fsp3) is 0.0769. The van der Waals surface area contributed by atoms with Gasteiger partial charge in [-0.2, -0.15) is 4.98 Å². The summed E-state index contributed by atoms with van der Waals surface area (Å²) in [6, 6.07) is 8.90. The highest BCUT2D eigenvalue weighted by molar-refractivity contribution is 6.35. The smallest absolute Gasteiger partial charge is 0.215 e. The number of pyridine rings is 1. The Kier molecular flexibility index (Phi) is 3.05. The van der Waals surface area contributed by atoms with Crippen molar-refractivity contribution in [1.82, 2.24) is 15.0 Å². The van der Waals surface area contributed by atoms with Crippen LogP contribution in [0.1, 0.15) is 0 Å². The molecule has 0 unspecified atom stereocenters. The summed E-state index contributed by atoms with van der Waals surface area (Å²) in [5, 5.41) is 1.13.